The van der Waals surface area contributed by atoms with Crippen LogP contribution in [0.3, 0.4) is 0 Å². The minimum Gasteiger partial charge on any atom is -0.319 e. The molecule has 2 atom stereocenters. The van der Waals surface area contributed by atoms with Crippen LogP contribution < -0.4 is 10.6 Å². The predicted molar refractivity (Wildman–Crippen MR) is 98.3 cm³/mol. The van der Waals surface area contributed by atoms with E-state index < -0.39 is 11.0 Å². The standard InChI is InChI=1S/C19H23N3O3/c1-13(2)18(15-9-5-4-6-10-15)20-14(3)19(23)21-16-11-7-8-12-17(16)22(24)25/h4-14,18,20H,1-3H3,(H,21,23)/t14-,18+/m0/s1. The molecule has 2 rings (SSSR count). The largest absolute Gasteiger partial charge is 0.319 e. The van der Waals surface area contributed by atoms with E-state index in [1.807, 2.05) is 30.3 Å². The summed E-state index contributed by atoms with van der Waals surface area (Å²) in [7, 11) is 0. The van der Waals surface area contributed by atoms with Crippen LogP contribution in [0.25, 0.3) is 0 Å². The molecule has 2 N–H and O–H groups in total. The van der Waals surface area contributed by atoms with Gasteiger partial charge in [-0.2, -0.15) is 0 Å². The lowest BCUT2D eigenvalue weighted by Gasteiger charge is -2.26. The molecule has 0 aliphatic heterocycles. The molecule has 132 valence electrons. The highest BCUT2D eigenvalue weighted by atomic mass is 16.6. The number of carbonyl (C=O) groups is 1. The van der Waals surface area contributed by atoms with E-state index in [4.69, 9.17) is 0 Å². The predicted octanol–water partition coefficient (Wildman–Crippen LogP) is 3.91. The Morgan fingerprint density at radius 1 is 1.00 bits per heavy atom. The highest BCUT2D eigenvalue weighted by molar-refractivity contribution is 5.96. The van der Waals surface area contributed by atoms with Crippen LogP contribution in [0.2, 0.25) is 0 Å². The second kappa shape index (κ2) is 8.39. The molecule has 0 aliphatic carbocycles. The normalized spacial score (nSPS) is 13.3. The Balaban J connectivity index is 2.10. The third-order valence-electron chi connectivity index (χ3n) is 4.01. The molecular formula is C19H23N3O3. The number of hydrogen-bond acceptors (Lipinski definition) is 4. The summed E-state index contributed by atoms with van der Waals surface area (Å²) in [6, 6.07) is 15.5. The maximum Gasteiger partial charge on any atom is 0.292 e. The first-order valence-corrected chi connectivity index (χ1v) is 8.25. The van der Waals surface area contributed by atoms with Crippen LogP contribution >= 0.6 is 0 Å². The highest BCUT2D eigenvalue weighted by Gasteiger charge is 2.23. The van der Waals surface area contributed by atoms with Crippen molar-refractivity contribution in [3.05, 3.63) is 70.3 Å². The second-order valence-corrected chi connectivity index (χ2v) is 6.28. The highest BCUT2D eigenvalue weighted by Crippen LogP contribution is 2.24. The zero-order valence-corrected chi connectivity index (χ0v) is 14.6. The topological polar surface area (TPSA) is 84.3 Å². The lowest BCUT2D eigenvalue weighted by atomic mass is 9.95. The van der Waals surface area contributed by atoms with Gasteiger partial charge in [0.15, 0.2) is 0 Å². The molecule has 0 spiro atoms. The third-order valence-corrected chi connectivity index (χ3v) is 4.01. The van der Waals surface area contributed by atoms with Crippen molar-refractivity contribution in [1.82, 2.24) is 5.32 Å². The number of benzene rings is 2. The molecule has 2 aromatic rings. The van der Waals surface area contributed by atoms with Crippen LogP contribution in [0.15, 0.2) is 54.6 Å². The Hall–Kier alpha value is -2.73. The Morgan fingerprint density at radius 2 is 1.60 bits per heavy atom. The molecule has 0 radical (unpaired) electrons. The molecule has 0 unspecified atom stereocenters. The van der Waals surface area contributed by atoms with Gasteiger partial charge in [0.1, 0.15) is 5.69 Å². The zero-order chi connectivity index (χ0) is 18.4. The Bertz CT molecular complexity index is 732. The number of hydrogen-bond donors (Lipinski definition) is 2. The molecule has 0 saturated heterocycles. The number of anilines is 1. The van der Waals surface area contributed by atoms with E-state index in [0.29, 0.717) is 0 Å². The maximum atomic E-state index is 12.5. The Kier molecular flexibility index (Phi) is 6.25. The molecule has 1 amide bonds. The first-order chi connectivity index (χ1) is 11.9. The number of rotatable bonds is 7. The number of nitrogens with one attached hydrogen (secondary N) is 2. The monoisotopic (exact) mass is 341 g/mol. The molecule has 0 heterocycles. The molecule has 6 heteroatoms. The molecule has 0 aromatic heterocycles. The summed E-state index contributed by atoms with van der Waals surface area (Å²) >= 11 is 0. The fourth-order valence-corrected chi connectivity index (χ4v) is 2.66. The van der Waals surface area contributed by atoms with Crippen molar-refractivity contribution in [3.8, 4) is 0 Å². The van der Waals surface area contributed by atoms with Crippen molar-refractivity contribution in [1.29, 1.82) is 0 Å². The van der Waals surface area contributed by atoms with Gasteiger partial charge in [0, 0.05) is 12.1 Å². The van der Waals surface area contributed by atoms with Gasteiger partial charge in [0.05, 0.1) is 11.0 Å². The quantitative estimate of drug-likeness (QED) is 0.591. The SMILES string of the molecule is CC(C)[C@@H](N[C@@H](C)C(=O)Nc1ccccc1[N+](=O)[O-])c1ccccc1. The average Bonchev–Trinajstić information content (AvgIpc) is 2.60. The van der Waals surface area contributed by atoms with Gasteiger partial charge >= 0.3 is 0 Å². The summed E-state index contributed by atoms with van der Waals surface area (Å²) in [4.78, 5) is 23.0. The number of nitrogens with zero attached hydrogens (tertiary/aromatic N) is 1. The van der Waals surface area contributed by atoms with Gasteiger partial charge in [0.2, 0.25) is 5.91 Å². The Morgan fingerprint density at radius 3 is 2.20 bits per heavy atom. The van der Waals surface area contributed by atoms with Gasteiger partial charge in [-0.3, -0.25) is 20.2 Å². The lowest BCUT2D eigenvalue weighted by molar-refractivity contribution is -0.383. The van der Waals surface area contributed by atoms with Gasteiger partial charge < -0.3 is 5.32 Å². The van der Waals surface area contributed by atoms with E-state index in [0.717, 1.165) is 5.56 Å². The van der Waals surface area contributed by atoms with Gasteiger partial charge in [-0.15, -0.1) is 0 Å². The second-order valence-electron chi connectivity index (χ2n) is 6.28. The number of nitro groups is 1. The van der Waals surface area contributed by atoms with Gasteiger partial charge in [-0.05, 0) is 24.5 Å². The molecule has 25 heavy (non-hydrogen) atoms. The minimum absolute atomic E-state index is 0.00714. The first-order valence-electron chi connectivity index (χ1n) is 8.25. The van der Waals surface area contributed by atoms with E-state index in [-0.39, 0.29) is 29.2 Å². The smallest absolute Gasteiger partial charge is 0.292 e. The van der Waals surface area contributed by atoms with E-state index in [2.05, 4.69) is 24.5 Å². The zero-order valence-electron chi connectivity index (χ0n) is 14.6. The van der Waals surface area contributed by atoms with Crippen LogP contribution in [-0.2, 0) is 4.79 Å². The Labute approximate surface area is 147 Å². The fourth-order valence-electron chi connectivity index (χ4n) is 2.66. The first kappa shape index (κ1) is 18.6. The van der Waals surface area contributed by atoms with Gasteiger partial charge in [-0.1, -0.05) is 56.3 Å². The van der Waals surface area contributed by atoms with Crippen molar-refractivity contribution in [2.45, 2.75) is 32.9 Å². The van der Waals surface area contributed by atoms with Crippen molar-refractivity contribution in [2.75, 3.05) is 5.32 Å². The summed E-state index contributed by atoms with van der Waals surface area (Å²) in [6.45, 7) is 5.91. The van der Waals surface area contributed by atoms with Crippen molar-refractivity contribution in [3.63, 3.8) is 0 Å². The molecule has 0 aliphatic rings. The average molecular weight is 341 g/mol. The fraction of sp³-hybridized carbons (Fsp3) is 0.316. The summed E-state index contributed by atoms with van der Waals surface area (Å²) in [6.07, 6.45) is 0. The van der Waals surface area contributed by atoms with E-state index in [1.165, 1.54) is 12.1 Å². The summed E-state index contributed by atoms with van der Waals surface area (Å²) in [5, 5.41) is 17.0. The van der Waals surface area contributed by atoms with Crippen molar-refractivity contribution in [2.24, 2.45) is 5.92 Å². The van der Waals surface area contributed by atoms with E-state index >= 15 is 0 Å². The van der Waals surface area contributed by atoms with Gasteiger partial charge in [-0.25, -0.2) is 0 Å². The van der Waals surface area contributed by atoms with Crippen LogP contribution in [0.5, 0.6) is 0 Å². The van der Waals surface area contributed by atoms with E-state index in [1.54, 1.807) is 19.1 Å². The summed E-state index contributed by atoms with van der Waals surface area (Å²) < 4.78 is 0. The van der Waals surface area contributed by atoms with Crippen molar-refractivity contribution < 1.29 is 9.72 Å². The number of para-hydroxylation sites is 2. The molecule has 0 saturated carbocycles. The lowest BCUT2D eigenvalue weighted by Crippen LogP contribution is -2.41. The molecule has 6 nitrogen and oxygen atoms in total. The van der Waals surface area contributed by atoms with Crippen LogP contribution in [0.1, 0.15) is 32.4 Å². The molecule has 2 aromatic carbocycles. The number of nitro benzene ring substituents is 1. The molecule has 0 fully saturated rings. The molecular weight excluding hydrogens is 318 g/mol. The summed E-state index contributed by atoms with van der Waals surface area (Å²) in [5.74, 6) is -0.0282. The molecule has 0 bridgehead atoms. The van der Waals surface area contributed by atoms with Crippen LogP contribution in [-0.4, -0.2) is 16.9 Å². The van der Waals surface area contributed by atoms with Crippen LogP contribution in [0.4, 0.5) is 11.4 Å². The van der Waals surface area contributed by atoms with E-state index in [9.17, 15) is 14.9 Å². The third kappa shape index (κ3) is 4.87. The number of amides is 1. The summed E-state index contributed by atoms with van der Waals surface area (Å²) in [5.41, 5.74) is 1.18. The van der Waals surface area contributed by atoms with Crippen LogP contribution in [0, 0.1) is 16.0 Å². The van der Waals surface area contributed by atoms with Gasteiger partial charge in [0.25, 0.3) is 5.69 Å². The maximum absolute atomic E-state index is 12.5. The van der Waals surface area contributed by atoms with Crippen molar-refractivity contribution >= 4 is 17.3 Å². The number of carbonyl (C=O) groups excluding carboxylic acids is 1. The minimum atomic E-state index is -0.507.